The molecule has 0 aliphatic heterocycles. The van der Waals surface area contributed by atoms with Gasteiger partial charge < -0.3 is 5.11 Å². The lowest BCUT2D eigenvalue weighted by Gasteiger charge is -2.03. The SMILES string of the molecule is Cc1nc2ncccc2cc1C(=O)/C=C/c1ccc(O)cc1. The molecule has 0 aliphatic rings. The van der Waals surface area contributed by atoms with Crippen molar-refractivity contribution < 1.29 is 9.90 Å². The van der Waals surface area contributed by atoms with Crippen LogP contribution in [-0.4, -0.2) is 20.9 Å². The molecule has 0 saturated carbocycles. The number of pyridine rings is 2. The van der Waals surface area contributed by atoms with Crippen molar-refractivity contribution in [3.05, 3.63) is 71.6 Å². The second kappa shape index (κ2) is 5.77. The van der Waals surface area contributed by atoms with Gasteiger partial charge in [-0.05, 0) is 48.9 Å². The summed E-state index contributed by atoms with van der Waals surface area (Å²) in [5, 5.41) is 10.1. The normalized spacial score (nSPS) is 11.1. The number of hydrogen-bond acceptors (Lipinski definition) is 4. The van der Waals surface area contributed by atoms with Gasteiger partial charge in [0.25, 0.3) is 0 Å². The molecule has 0 saturated heterocycles. The van der Waals surface area contributed by atoms with E-state index in [1.807, 2.05) is 18.2 Å². The van der Waals surface area contributed by atoms with E-state index in [2.05, 4.69) is 9.97 Å². The van der Waals surface area contributed by atoms with Crippen LogP contribution in [0.1, 0.15) is 21.6 Å². The third-order valence-corrected chi connectivity index (χ3v) is 3.37. The molecule has 3 rings (SSSR count). The highest BCUT2D eigenvalue weighted by molar-refractivity contribution is 6.08. The number of nitrogens with zero attached hydrogens (tertiary/aromatic N) is 2. The fraction of sp³-hybridized carbons (Fsp3) is 0.0556. The number of allylic oxidation sites excluding steroid dienone is 1. The minimum Gasteiger partial charge on any atom is -0.508 e. The average Bonchev–Trinajstić information content (AvgIpc) is 2.53. The van der Waals surface area contributed by atoms with E-state index in [1.165, 1.54) is 6.08 Å². The Morgan fingerprint density at radius 1 is 1.18 bits per heavy atom. The minimum atomic E-state index is -0.108. The number of aromatic nitrogens is 2. The summed E-state index contributed by atoms with van der Waals surface area (Å²) in [4.78, 5) is 20.9. The number of hydrogen-bond donors (Lipinski definition) is 1. The van der Waals surface area contributed by atoms with E-state index in [9.17, 15) is 9.90 Å². The van der Waals surface area contributed by atoms with Gasteiger partial charge in [-0.2, -0.15) is 0 Å². The smallest absolute Gasteiger partial charge is 0.187 e. The summed E-state index contributed by atoms with van der Waals surface area (Å²) in [6, 6.07) is 12.2. The number of aryl methyl sites for hydroxylation is 1. The first-order chi connectivity index (χ1) is 10.6. The van der Waals surface area contributed by atoms with Crippen molar-refractivity contribution in [1.29, 1.82) is 0 Å². The van der Waals surface area contributed by atoms with Gasteiger partial charge in [-0.25, -0.2) is 9.97 Å². The molecule has 0 amide bonds. The second-order valence-corrected chi connectivity index (χ2v) is 4.96. The van der Waals surface area contributed by atoms with Gasteiger partial charge in [0.1, 0.15) is 5.75 Å². The van der Waals surface area contributed by atoms with Gasteiger partial charge in [-0.1, -0.05) is 18.2 Å². The van der Waals surface area contributed by atoms with E-state index in [1.54, 1.807) is 43.5 Å². The Morgan fingerprint density at radius 3 is 2.73 bits per heavy atom. The molecule has 0 bridgehead atoms. The molecule has 3 aromatic rings. The quantitative estimate of drug-likeness (QED) is 0.592. The number of phenolic OH excluding ortho intramolecular Hbond substituents is 1. The standard InChI is InChI=1S/C18H14N2O2/c1-12-16(11-14-3-2-10-19-18(14)20-12)17(22)9-6-13-4-7-15(21)8-5-13/h2-11,21H,1H3/b9-6+. The molecule has 2 aromatic heterocycles. The van der Waals surface area contributed by atoms with Gasteiger partial charge in [-0.3, -0.25) is 4.79 Å². The van der Waals surface area contributed by atoms with Crippen molar-refractivity contribution in [2.45, 2.75) is 6.92 Å². The molecule has 1 N–H and O–H groups in total. The van der Waals surface area contributed by atoms with Crippen LogP contribution < -0.4 is 0 Å². The average molecular weight is 290 g/mol. The van der Waals surface area contributed by atoms with Crippen LogP contribution in [0.15, 0.2) is 54.7 Å². The Bertz CT molecular complexity index is 868. The topological polar surface area (TPSA) is 63.1 Å². The third-order valence-electron chi connectivity index (χ3n) is 3.37. The Morgan fingerprint density at radius 2 is 1.95 bits per heavy atom. The van der Waals surface area contributed by atoms with Crippen LogP contribution >= 0.6 is 0 Å². The molecule has 1 aromatic carbocycles. The molecule has 0 fully saturated rings. The van der Waals surface area contributed by atoms with Crippen molar-refractivity contribution in [1.82, 2.24) is 9.97 Å². The maximum absolute atomic E-state index is 12.4. The Labute approximate surface area is 127 Å². The summed E-state index contributed by atoms with van der Waals surface area (Å²) in [5.74, 6) is 0.0920. The van der Waals surface area contributed by atoms with Crippen molar-refractivity contribution >= 4 is 22.9 Å². The van der Waals surface area contributed by atoms with Gasteiger partial charge in [0.2, 0.25) is 0 Å². The van der Waals surface area contributed by atoms with Crippen LogP contribution in [0.4, 0.5) is 0 Å². The van der Waals surface area contributed by atoms with E-state index >= 15 is 0 Å². The molecular weight excluding hydrogens is 276 g/mol. The molecule has 0 atom stereocenters. The van der Waals surface area contributed by atoms with Gasteiger partial charge in [0.05, 0.1) is 5.69 Å². The largest absolute Gasteiger partial charge is 0.508 e. The van der Waals surface area contributed by atoms with Crippen molar-refractivity contribution in [3.8, 4) is 5.75 Å². The second-order valence-electron chi connectivity index (χ2n) is 4.96. The first-order valence-corrected chi connectivity index (χ1v) is 6.87. The minimum absolute atomic E-state index is 0.108. The number of ketones is 1. The monoisotopic (exact) mass is 290 g/mol. The lowest BCUT2D eigenvalue weighted by atomic mass is 10.1. The van der Waals surface area contributed by atoms with Gasteiger partial charge in [0.15, 0.2) is 11.4 Å². The Kier molecular flexibility index (Phi) is 3.66. The molecule has 108 valence electrons. The zero-order valence-electron chi connectivity index (χ0n) is 12.0. The highest BCUT2D eigenvalue weighted by Gasteiger charge is 2.09. The molecule has 0 unspecified atom stereocenters. The lowest BCUT2D eigenvalue weighted by Crippen LogP contribution is -2.01. The summed E-state index contributed by atoms with van der Waals surface area (Å²) in [6.45, 7) is 1.80. The molecule has 0 radical (unpaired) electrons. The molecular formula is C18H14N2O2. The van der Waals surface area contributed by atoms with E-state index < -0.39 is 0 Å². The molecule has 2 heterocycles. The molecule has 4 nitrogen and oxygen atoms in total. The van der Waals surface area contributed by atoms with E-state index in [4.69, 9.17) is 0 Å². The Balaban J connectivity index is 1.91. The number of rotatable bonds is 3. The summed E-state index contributed by atoms with van der Waals surface area (Å²) in [7, 11) is 0. The zero-order valence-corrected chi connectivity index (χ0v) is 12.0. The fourth-order valence-corrected chi connectivity index (χ4v) is 2.19. The maximum atomic E-state index is 12.4. The first kappa shape index (κ1) is 13.9. The fourth-order valence-electron chi connectivity index (χ4n) is 2.19. The van der Waals surface area contributed by atoms with Crippen LogP contribution in [0.3, 0.4) is 0 Å². The summed E-state index contributed by atoms with van der Waals surface area (Å²) < 4.78 is 0. The van der Waals surface area contributed by atoms with Gasteiger partial charge in [0, 0.05) is 17.1 Å². The molecule has 4 heteroatoms. The van der Waals surface area contributed by atoms with E-state index in [0.29, 0.717) is 16.9 Å². The highest BCUT2D eigenvalue weighted by atomic mass is 16.3. The molecule has 22 heavy (non-hydrogen) atoms. The predicted octanol–water partition coefficient (Wildman–Crippen LogP) is 3.54. The maximum Gasteiger partial charge on any atom is 0.187 e. The van der Waals surface area contributed by atoms with Gasteiger partial charge in [-0.15, -0.1) is 0 Å². The van der Waals surface area contributed by atoms with Crippen LogP contribution in [0.25, 0.3) is 17.1 Å². The number of carbonyl (C=O) groups is 1. The zero-order chi connectivity index (χ0) is 15.5. The van der Waals surface area contributed by atoms with Crippen LogP contribution in [0, 0.1) is 6.92 Å². The predicted molar refractivity (Wildman–Crippen MR) is 85.7 cm³/mol. The van der Waals surface area contributed by atoms with Crippen LogP contribution in [0.5, 0.6) is 5.75 Å². The summed E-state index contributed by atoms with van der Waals surface area (Å²) in [6.07, 6.45) is 4.91. The molecule has 0 spiro atoms. The number of fused-ring (bicyclic) bond motifs is 1. The number of carbonyl (C=O) groups excluding carboxylic acids is 1. The highest BCUT2D eigenvalue weighted by Crippen LogP contribution is 2.16. The summed E-state index contributed by atoms with van der Waals surface area (Å²) >= 11 is 0. The van der Waals surface area contributed by atoms with E-state index in [-0.39, 0.29) is 11.5 Å². The van der Waals surface area contributed by atoms with Crippen LogP contribution in [0.2, 0.25) is 0 Å². The lowest BCUT2D eigenvalue weighted by molar-refractivity contribution is 0.104. The number of phenols is 1. The molecule has 0 aliphatic carbocycles. The van der Waals surface area contributed by atoms with Crippen LogP contribution in [-0.2, 0) is 0 Å². The third kappa shape index (κ3) is 2.86. The summed E-state index contributed by atoms with van der Waals surface area (Å²) in [5.41, 5.74) is 2.71. The Hall–Kier alpha value is -3.01. The number of benzene rings is 1. The van der Waals surface area contributed by atoms with Crippen molar-refractivity contribution in [3.63, 3.8) is 0 Å². The first-order valence-electron chi connectivity index (χ1n) is 6.87. The van der Waals surface area contributed by atoms with Gasteiger partial charge >= 0.3 is 0 Å². The van der Waals surface area contributed by atoms with Crippen molar-refractivity contribution in [2.75, 3.05) is 0 Å². The van der Waals surface area contributed by atoms with E-state index in [0.717, 1.165) is 10.9 Å². The number of aromatic hydroxyl groups is 1. The van der Waals surface area contributed by atoms with Crippen molar-refractivity contribution in [2.24, 2.45) is 0 Å².